The van der Waals surface area contributed by atoms with Crippen LogP contribution in [0.2, 0.25) is 5.02 Å². The molecule has 0 spiro atoms. The highest BCUT2D eigenvalue weighted by Gasteiger charge is 2.00. The van der Waals surface area contributed by atoms with Crippen LogP contribution in [0.15, 0.2) is 16.6 Å². The van der Waals surface area contributed by atoms with Crippen LogP contribution in [0.5, 0.6) is 5.75 Å². The SMILES string of the molecule is OCCOc1c[c]c(Br)cc1Cl. The van der Waals surface area contributed by atoms with Gasteiger partial charge in [-0.15, -0.1) is 0 Å². The zero-order valence-electron chi connectivity index (χ0n) is 6.18. The molecule has 1 aromatic rings. The van der Waals surface area contributed by atoms with Crippen LogP contribution in [-0.4, -0.2) is 18.3 Å². The van der Waals surface area contributed by atoms with E-state index in [2.05, 4.69) is 22.0 Å². The van der Waals surface area contributed by atoms with Gasteiger partial charge in [-0.3, -0.25) is 0 Å². The van der Waals surface area contributed by atoms with Crippen LogP contribution >= 0.6 is 27.5 Å². The molecule has 0 bridgehead atoms. The minimum atomic E-state index is -0.0214. The molecule has 0 aromatic heterocycles. The monoisotopic (exact) mass is 249 g/mol. The van der Waals surface area contributed by atoms with E-state index in [0.29, 0.717) is 10.8 Å². The van der Waals surface area contributed by atoms with Crippen molar-refractivity contribution in [3.63, 3.8) is 0 Å². The average molecular weight is 250 g/mol. The molecule has 12 heavy (non-hydrogen) atoms. The highest BCUT2D eigenvalue weighted by atomic mass is 79.9. The maximum Gasteiger partial charge on any atom is 0.138 e. The Labute approximate surface area is 84.2 Å². The Morgan fingerprint density at radius 3 is 3.00 bits per heavy atom. The molecule has 4 heteroatoms. The highest BCUT2D eigenvalue weighted by Crippen LogP contribution is 2.26. The summed E-state index contributed by atoms with van der Waals surface area (Å²) in [5, 5.41) is 8.99. The number of halogens is 2. The minimum absolute atomic E-state index is 0.0214. The number of ether oxygens (including phenoxy) is 1. The smallest absolute Gasteiger partial charge is 0.138 e. The zero-order chi connectivity index (χ0) is 8.97. The normalized spacial score (nSPS) is 9.92. The molecule has 0 saturated carbocycles. The van der Waals surface area contributed by atoms with E-state index >= 15 is 0 Å². The van der Waals surface area contributed by atoms with Crippen molar-refractivity contribution in [2.45, 2.75) is 0 Å². The molecule has 0 saturated heterocycles. The van der Waals surface area contributed by atoms with Crippen LogP contribution in [0.1, 0.15) is 0 Å². The minimum Gasteiger partial charge on any atom is -0.490 e. The molecule has 65 valence electrons. The molecular weight excluding hydrogens is 243 g/mol. The third-order valence-corrected chi connectivity index (χ3v) is 1.93. The molecule has 2 nitrogen and oxygen atoms in total. The van der Waals surface area contributed by atoms with Gasteiger partial charge in [0.2, 0.25) is 0 Å². The Bertz CT molecular complexity index is 265. The molecule has 0 heterocycles. The van der Waals surface area contributed by atoms with Crippen LogP contribution in [0.25, 0.3) is 0 Å². The van der Waals surface area contributed by atoms with Crippen LogP contribution < -0.4 is 4.74 Å². The second kappa shape index (κ2) is 4.70. The summed E-state index contributed by atoms with van der Waals surface area (Å²) in [4.78, 5) is 0. The second-order valence-corrected chi connectivity index (χ2v) is 3.33. The molecule has 0 amide bonds. The van der Waals surface area contributed by atoms with E-state index in [1.54, 1.807) is 12.1 Å². The molecule has 1 N–H and O–H groups in total. The summed E-state index contributed by atoms with van der Waals surface area (Å²) < 4.78 is 5.89. The van der Waals surface area contributed by atoms with Gasteiger partial charge in [0.1, 0.15) is 12.4 Å². The Hall–Kier alpha value is -0.250. The van der Waals surface area contributed by atoms with Crippen molar-refractivity contribution in [1.82, 2.24) is 0 Å². The molecular formula is C8H7BrClO2. The van der Waals surface area contributed by atoms with E-state index in [-0.39, 0.29) is 13.2 Å². The first-order chi connectivity index (χ1) is 5.74. The summed E-state index contributed by atoms with van der Waals surface area (Å²) in [7, 11) is 0. The lowest BCUT2D eigenvalue weighted by Gasteiger charge is -2.05. The summed E-state index contributed by atoms with van der Waals surface area (Å²) in [6.45, 7) is 0.224. The predicted molar refractivity (Wildman–Crippen MR) is 50.6 cm³/mol. The maximum absolute atomic E-state index is 8.49. The lowest BCUT2D eigenvalue weighted by molar-refractivity contribution is 0.201. The molecule has 1 radical (unpaired) electrons. The quantitative estimate of drug-likeness (QED) is 0.892. The van der Waals surface area contributed by atoms with Crippen molar-refractivity contribution in [1.29, 1.82) is 0 Å². The number of benzene rings is 1. The first-order valence-electron chi connectivity index (χ1n) is 3.34. The van der Waals surface area contributed by atoms with Gasteiger partial charge in [-0.1, -0.05) is 27.5 Å². The first kappa shape index (κ1) is 9.84. The number of aliphatic hydroxyl groups excluding tert-OH is 1. The fourth-order valence-electron chi connectivity index (χ4n) is 0.694. The van der Waals surface area contributed by atoms with Crippen molar-refractivity contribution >= 4 is 27.5 Å². The van der Waals surface area contributed by atoms with Crippen LogP contribution in [0, 0.1) is 6.07 Å². The molecule has 0 fully saturated rings. The highest BCUT2D eigenvalue weighted by molar-refractivity contribution is 9.10. The first-order valence-corrected chi connectivity index (χ1v) is 4.51. The van der Waals surface area contributed by atoms with Crippen molar-refractivity contribution < 1.29 is 9.84 Å². The second-order valence-electron chi connectivity index (χ2n) is 2.07. The average Bonchev–Trinajstić information content (AvgIpc) is 2.03. The van der Waals surface area contributed by atoms with Crippen molar-refractivity contribution in [3.8, 4) is 5.75 Å². The third kappa shape index (κ3) is 2.66. The standard InChI is InChI=1S/C8H7BrClO2/c9-6-1-2-8(7(10)5-6)12-4-3-11/h2,5,11H,3-4H2. The number of hydrogen-bond acceptors (Lipinski definition) is 2. The van der Waals surface area contributed by atoms with E-state index in [9.17, 15) is 0 Å². The molecule has 0 aliphatic rings. The zero-order valence-corrected chi connectivity index (χ0v) is 8.52. The van der Waals surface area contributed by atoms with Gasteiger partial charge >= 0.3 is 0 Å². The molecule has 0 atom stereocenters. The third-order valence-electron chi connectivity index (χ3n) is 1.18. The van der Waals surface area contributed by atoms with E-state index in [0.717, 1.165) is 4.47 Å². The topological polar surface area (TPSA) is 29.5 Å². The van der Waals surface area contributed by atoms with Gasteiger partial charge in [0.15, 0.2) is 0 Å². The number of aliphatic hydroxyl groups is 1. The Morgan fingerprint density at radius 2 is 2.42 bits per heavy atom. The van der Waals surface area contributed by atoms with Crippen LogP contribution in [-0.2, 0) is 0 Å². The van der Waals surface area contributed by atoms with Gasteiger partial charge in [0.25, 0.3) is 0 Å². The maximum atomic E-state index is 8.49. The van der Waals surface area contributed by atoms with Gasteiger partial charge in [0.05, 0.1) is 11.6 Å². The lowest BCUT2D eigenvalue weighted by Crippen LogP contribution is -2.01. The largest absolute Gasteiger partial charge is 0.490 e. The van der Waals surface area contributed by atoms with E-state index < -0.39 is 0 Å². The van der Waals surface area contributed by atoms with Crippen LogP contribution in [0.3, 0.4) is 0 Å². The number of hydrogen-bond donors (Lipinski definition) is 1. The predicted octanol–water partition coefficient (Wildman–Crippen LogP) is 2.27. The summed E-state index contributed by atoms with van der Waals surface area (Å²) >= 11 is 9.03. The Morgan fingerprint density at radius 1 is 1.67 bits per heavy atom. The molecule has 0 unspecified atom stereocenters. The van der Waals surface area contributed by atoms with Crippen LogP contribution in [0.4, 0.5) is 0 Å². The van der Waals surface area contributed by atoms with E-state index in [1.165, 1.54) is 0 Å². The van der Waals surface area contributed by atoms with Gasteiger partial charge in [0, 0.05) is 10.5 Å². The number of rotatable bonds is 3. The summed E-state index contributed by atoms with van der Waals surface area (Å²) in [5.74, 6) is 0.536. The van der Waals surface area contributed by atoms with Gasteiger partial charge in [-0.2, -0.15) is 0 Å². The van der Waals surface area contributed by atoms with Gasteiger partial charge in [-0.05, 0) is 12.1 Å². The van der Waals surface area contributed by atoms with Gasteiger partial charge < -0.3 is 9.84 Å². The van der Waals surface area contributed by atoms with E-state index in [4.69, 9.17) is 21.4 Å². The summed E-state index contributed by atoms with van der Waals surface area (Å²) in [6.07, 6.45) is 0. The van der Waals surface area contributed by atoms with E-state index in [1.807, 2.05) is 0 Å². The Kier molecular flexibility index (Phi) is 3.85. The molecule has 1 rings (SSSR count). The van der Waals surface area contributed by atoms with Crippen molar-refractivity contribution in [3.05, 3.63) is 27.7 Å². The fourth-order valence-corrected chi connectivity index (χ4v) is 1.39. The summed E-state index contributed by atoms with van der Waals surface area (Å²) in [5.41, 5.74) is 0. The van der Waals surface area contributed by atoms with Crippen molar-refractivity contribution in [2.75, 3.05) is 13.2 Å². The Balaban J connectivity index is 2.72. The van der Waals surface area contributed by atoms with Gasteiger partial charge in [-0.25, -0.2) is 0 Å². The molecule has 1 aromatic carbocycles. The summed E-state index contributed by atoms with van der Waals surface area (Å²) in [6, 6.07) is 6.19. The fraction of sp³-hybridized carbons (Fsp3) is 0.250. The van der Waals surface area contributed by atoms with Crippen molar-refractivity contribution in [2.24, 2.45) is 0 Å². The molecule has 0 aliphatic carbocycles. The molecule has 0 aliphatic heterocycles. The lowest BCUT2D eigenvalue weighted by atomic mass is 10.3.